The molecular formula is C14H26N2O4. The van der Waals surface area contributed by atoms with Crippen molar-refractivity contribution in [1.29, 1.82) is 0 Å². The molecule has 116 valence electrons. The molecule has 0 aliphatic carbocycles. The van der Waals surface area contributed by atoms with Crippen LogP contribution in [0.15, 0.2) is 0 Å². The third-order valence-corrected chi connectivity index (χ3v) is 3.66. The van der Waals surface area contributed by atoms with Crippen LogP contribution in [-0.4, -0.2) is 53.8 Å². The van der Waals surface area contributed by atoms with Crippen molar-refractivity contribution in [3.63, 3.8) is 0 Å². The second-order valence-electron chi connectivity index (χ2n) is 5.55. The first-order valence-corrected chi connectivity index (χ1v) is 7.32. The first-order chi connectivity index (χ1) is 9.45. The molecule has 1 heterocycles. The van der Waals surface area contributed by atoms with Crippen LogP contribution in [0.5, 0.6) is 0 Å². The third kappa shape index (κ3) is 5.00. The van der Waals surface area contributed by atoms with Gasteiger partial charge in [0.2, 0.25) is 0 Å². The van der Waals surface area contributed by atoms with Crippen LogP contribution in [0.25, 0.3) is 0 Å². The van der Waals surface area contributed by atoms with Gasteiger partial charge in [-0.25, -0.2) is 4.79 Å². The Morgan fingerprint density at radius 2 is 2.15 bits per heavy atom. The van der Waals surface area contributed by atoms with E-state index in [2.05, 4.69) is 5.32 Å². The van der Waals surface area contributed by atoms with Crippen molar-refractivity contribution >= 4 is 12.0 Å². The minimum absolute atomic E-state index is 0.0191. The fourth-order valence-corrected chi connectivity index (χ4v) is 2.40. The Morgan fingerprint density at radius 3 is 2.70 bits per heavy atom. The number of carbonyl (C=O) groups is 2. The summed E-state index contributed by atoms with van der Waals surface area (Å²) in [5.74, 6) is -0.588. The minimum Gasteiger partial charge on any atom is -0.481 e. The van der Waals surface area contributed by atoms with Gasteiger partial charge in [0.15, 0.2) is 0 Å². The van der Waals surface area contributed by atoms with Crippen molar-refractivity contribution in [1.82, 2.24) is 10.2 Å². The van der Waals surface area contributed by atoms with E-state index in [1.54, 1.807) is 4.90 Å². The summed E-state index contributed by atoms with van der Waals surface area (Å²) in [5, 5.41) is 11.8. The number of aliphatic carboxylic acids is 1. The van der Waals surface area contributed by atoms with Crippen molar-refractivity contribution in [2.75, 3.05) is 19.8 Å². The second kappa shape index (κ2) is 8.09. The number of hydrogen-bond donors (Lipinski definition) is 2. The Balaban J connectivity index is 2.56. The Kier molecular flexibility index (Phi) is 6.78. The van der Waals surface area contributed by atoms with Crippen LogP contribution in [-0.2, 0) is 9.53 Å². The maximum absolute atomic E-state index is 12.3. The fraction of sp³-hybridized carbons (Fsp3) is 0.857. The summed E-state index contributed by atoms with van der Waals surface area (Å²) in [4.78, 5) is 24.7. The molecule has 2 atom stereocenters. The average Bonchev–Trinajstić information content (AvgIpc) is 2.81. The van der Waals surface area contributed by atoms with E-state index in [1.165, 1.54) is 0 Å². The lowest BCUT2D eigenvalue weighted by Crippen LogP contribution is -2.50. The van der Waals surface area contributed by atoms with Gasteiger partial charge in [-0.1, -0.05) is 13.8 Å². The number of carboxylic acids is 1. The molecule has 6 heteroatoms. The number of nitrogens with zero attached hydrogens (tertiary/aromatic N) is 1. The first kappa shape index (κ1) is 16.8. The highest BCUT2D eigenvalue weighted by molar-refractivity contribution is 5.76. The topological polar surface area (TPSA) is 78.9 Å². The molecule has 2 N–H and O–H groups in total. The zero-order chi connectivity index (χ0) is 15.1. The van der Waals surface area contributed by atoms with Crippen molar-refractivity contribution in [2.24, 2.45) is 5.92 Å². The van der Waals surface area contributed by atoms with Crippen molar-refractivity contribution in [2.45, 2.75) is 52.1 Å². The van der Waals surface area contributed by atoms with Gasteiger partial charge in [0.05, 0.1) is 19.1 Å². The van der Waals surface area contributed by atoms with Crippen LogP contribution in [0.3, 0.4) is 0 Å². The molecule has 6 nitrogen and oxygen atoms in total. The van der Waals surface area contributed by atoms with Gasteiger partial charge in [0.1, 0.15) is 0 Å². The smallest absolute Gasteiger partial charge is 0.317 e. The van der Waals surface area contributed by atoms with Crippen LogP contribution in [0.1, 0.15) is 40.0 Å². The minimum atomic E-state index is -0.857. The van der Waals surface area contributed by atoms with Gasteiger partial charge in [0, 0.05) is 19.2 Å². The van der Waals surface area contributed by atoms with E-state index < -0.39 is 5.97 Å². The molecule has 0 radical (unpaired) electrons. The lowest BCUT2D eigenvalue weighted by molar-refractivity contribution is -0.137. The van der Waals surface area contributed by atoms with Gasteiger partial charge in [-0.2, -0.15) is 0 Å². The van der Waals surface area contributed by atoms with E-state index in [0.29, 0.717) is 19.8 Å². The zero-order valence-corrected chi connectivity index (χ0v) is 12.6. The molecule has 0 spiro atoms. The van der Waals surface area contributed by atoms with Crippen LogP contribution < -0.4 is 5.32 Å². The summed E-state index contributed by atoms with van der Waals surface area (Å²) in [6.45, 7) is 7.71. The first-order valence-electron chi connectivity index (χ1n) is 7.32. The summed E-state index contributed by atoms with van der Waals surface area (Å²) in [7, 11) is 0. The summed E-state index contributed by atoms with van der Waals surface area (Å²) in [6, 6.07) is -0.409. The molecule has 1 aliphatic heterocycles. The van der Waals surface area contributed by atoms with E-state index in [9.17, 15) is 9.59 Å². The van der Waals surface area contributed by atoms with E-state index in [4.69, 9.17) is 9.84 Å². The summed E-state index contributed by atoms with van der Waals surface area (Å²) in [5.41, 5.74) is 0. The van der Waals surface area contributed by atoms with Crippen LogP contribution in [0.2, 0.25) is 0 Å². The second-order valence-corrected chi connectivity index (χ2v) is 5.55. The molecule has 0 bridgehead atoms. The molecule has 0 saturated carbocycles. The quantitative estimate of drug-likeness (QED) is 0.746. The van der Waals surface area contributed by atoms with Crippen molar-refractivity contribution in [3.8, 4) is 0 Å². The lowest BCUT2D eigenvalue weighted by atomic mass is 10.1. The largest absolute Gasteiger partial charge is 0.481 e. The van der Waals surface area contributed by atoms with Crippen LogP contribution >= 0.6 is 0 Å². The number of carboxylic acid groups (broad SMARTS) is 1. The molecule has 1 saturated heterocycles. The third-order valence-electron chi connectivity index (χ3n) is 3.66. The van der Waals surface area contributed by atoms with Crippen LogP contribution in [0, 0.1) is 5.92 Å². The molecular weight excluding hydrogens is 260 g/mol. The number of hydrogen-bond acceptors (Lipinski definition) is 3. The molecule has 0 aromatic carbocycles. The zero-order valence-electron chi connectivity index (χ0n) is 12.6. The van der Waals surface area contributed by atoms with Gasteiger partial charge in [-0.3, -0.25) is 4.79 Å². The molecule has 2 unspecified atom stereocenters. The molecule has 1 fully saturated rings. The predicted octanol–water partition coefficient (Wildman–Crippen LogP) is 1.70. The van der Waals surface area contributed by atoms with E-state index in [1.807, 2.05) is 20.8 Å². The molecule has 1 aliphatic rings. The molecule has 20 heavy (non-hydrogen) atoms. The van der Waals surface area contributed by atoms with Gasteiger partial charge < -0.3 is 20.1 Å². The normalized spacial score (nSPS) is 20.2. The van der Waals surface area contributed by atoms with Crippen LogP contribution in [0.4, 0.5) is 4.79 Å². The molecule has 0 aromatic heterocycles. The average molecular weight is 286 g/mol. The van der Waals surface area contributed by atoms with E-state index in [-0.39, 0.29) is 30.5 Å². The van der Waals surface area contributed by atoms with Gasteiger partial charge in [-0.05, 0) is 25.7 Å². The highest BCUT2D eigenvalue weighted by Gasteiger charge is 2.31. The number of amides is 2. The Labute approximate surface area is 120 Å². The Hall–Kier alpha value is -1.30. The molecule has 2 amide bonds. The number of likely N-dealkylation sites (tertiary alicyclic amines) is 1. The highest BCUT2D eigenvalue weighted by atomic mass is 16.5. The standard InChI is InChI=1S/C14H26N2O4/c1-4-20-9-12(10(2)3)15-14(19)16-7-5-6-11(16)8-13(17)18/h10-12H,4-9H2,1-3H3,(H,15,19)(H,17,18). The Morgan fingerprint density at radius 1 is 1.45 bits per heavy atom. The molecule has 0 aromatic rings. The Bertz CT molecular complexity index is 333. The van der Waals surface area contributed by atoms with E-state index >= 15 is 0 Å². The number of rotatable bonds is 7. The summed E-state index contributed by atoms with van der Waals surface area (Å²) in [6.07, 6.45) is 1.64. The number of urea groups is 1. The lowest BCUT2D eigenvalue weighted by Gasteiger charge is -2.28. The highest BCUT2D eigenvalue weighted by Crippen LogP contribution is 2.20. The maximum atomic E-state index is 12.3. The monoisotopic (exact) mass is 286 g/mol. The predicted molar refractivity (Wildman–Crippen MR) is 75.6 cm³/mol. The van der Waals surface area contributed by atoms with Gasteiger partial charge in [0.25, 0.3) is 0 Å². The number of nitrogens with one attached hydrogen (secondary N) is 1. The number of carbonyl (C=O) groups excluding carboxylic acids is 1. The van der Waals surface area contributed by atoms with E-state index in [0.717, 1.165) is 12.8 Å². The number of ether oxygens (including phenoxy) is 1. The fourth-order valence-electron chi connectivity index (χ4n) is 2.40. The summed E-state index contributed by atoms with van der Waals surface area (Å²) < 4.78 is 5.38. The van der Waals surface area contributed by atoms with Gasteiger partial charge in [-0.15, -0.1) is 0 Å². The SMILES string of the molecule is CCOCC(NC(=O)N1CCCC1CC(=O)O)C(C)C. The molecule has 1 rings (SSSR count). The van der Waals surface area contributed by atoms with Crippen molar-refractivity contribution in [3.05, 3.63) is 0 Å². The maximum Gasteiger partial charge on any atom is 0.317 e. The summed E-state index contributed by atoms with van der Waals surface area (Å²) >= 11 is 0. The van der Waals surface area contributed by atoms with Gasteiger partial charge >= 0.3 is 12.0 Å². The van der Waals surface area contributed by atoms with Crippen molar-refractivity contribution < 1.29 is 19.4 Å².